The van der Waals surface area contributed by atoms with E-state index in [0.717, 1.165) is 17.8 Å². The number of anilines is 3. The van der Waals surface area contributed by atoms with E-state index >= 15 is 0 Å². The second kappa shape index (κ2) is 10.6. The fraction of sp³-hybridized carbons (Fsp3) is 0.320. The van der Waals surface area contributed by atoms with Crippen molar-refractivity contribution in [3.8, 4) is 5.75 Å². The second-order valence-corrected chi connectivity index (χ2v) is 8.24. The van der Waals surface area contributed by atoms with Gasteiger partial charge < -0.3 is 20.3 Å². The molecule has 1 amide bonds. The maximum atomic E-state index is 12.7. The normalized spacial score (nSPS) is 14.5. The number of carbonyl (C=O) groups is 1. The number of benzene rings is 2. The van der Waals surface area contributed by atoms with Gasteiger partial charge in [0.25, 0.3) is 0 Å². The molecule has 0 unspecified atom stereocenters. The first-order chi connectivity index (χ1) is 16.8. The van der Waals surface area contributed by atoms with Crippen molar-refractivity contribution in [1.82, 2.24) is 15.3 Å². The summed E-state index contributed by atoms with van der Waals surface area (Å²) < 4.78 is 43.4. The van der Waals surface area contributed by atoms with Gasteiger partial charge in [0.05, 0.1) is 18.4 Å². The maximum absolute atomic E-state index is 12.7. The molecule has 2 N–H and O–H groups in total. The zero-order valence-electron chi connectivity index (χ0n) is 19.2. The maximum Gasteiger partial charge on any atom is 0.416 e. The van der Waals surface area contributed by atoms with Crippen LogP contribution in [-0.4, -0.2) is 36.1 Å². The van der Waals surface area contributed by atoms with Gasteiger partial charge in [0, 0.05) is 31.7 Å². The third-order valence-electron chi connectivity index (χ3n) is 5.91. The van der Waals surface area contributed by atoms with Crippen LogP contribution in [0.2, 0.25) is 0 Å². The predicted molar refractivity (Wildman–Crippen MR) is 127 cm³/mol. The lowest BCUT2D eigenvalue weighted by Crippen LogP contribution is -2.41. The number of halogens is 3. The van der Waals surface area contributed by atoms with E-state index in [9.17, 15) is 18.0 Å². The number of methoxy groups -OCH3 is 1. The minimum atomic E-state index is -4.37. The molecule has 10 heteroatoms. The number of ether oxygens (including phenoxy) is 1. The standard InChI is InChI=1S/C25H26F3N5O2/c1-35-21-5-3-2-4-20(21)31-22-10-13-29-24(32-22)33-14-11-18(12-15-33)23(34)30-16-17-6-8-19(9-7-17)25(26,27)28/h2-10,13,18H,11-12,14-16H2,1H3,(H,30,34)(H,29,31,32). The SMILES string of the molecule is COc1ccccc1Nc1ccnc(N2CCC(C(=O)NCc3ccc(C(F)(F)F)cc3)CC2)n1. The first-order valence-electron chi connectivity index (χ1n) is 11.3. The largest absolute Gasteiger partial charge is 0.495 e. The summed E-state index contributed by atoms with van der Waals surface area (Å²) >= 11 is 0. The van der Waals surface area contributed by atoms with Crippen molar-refractivity contribution in [1.29, 1.82) is 0 Å². The molecule has 0 aliphatic carbocycles. The third-order valence-corrected chi connectivity index (χ3v) is 5.91. The molecule has 1 aromatic heterocycles. The van der Waals surface area contributed by atoms with E-state index in [1.165, 1.54) is 12.1 Å². The van der Waals surface area contributed by atoms with Crippen molar-refractivity contribution in [2.45, 2.75) is 25.6 Å². The topological polar surface area (TPSA) is 79.4 Å². The molecule has 4 rings (SSSR count). The minimum absolute atomic E-state index is 0.0999. The van der Waals surface area contributed by atoms with E-state index in [0.29, 0.717) is 49.0 Å². The lowest BCUT2D eigenvalue weighted by molar-refractivity contribution is -0.137. The number of nitrogens with zero attached hydrogens (tertiary/aromatic N) is 3. The number of rotatable bonds is 7. The molecule has 1 aliphatic heterocycles. The van der Waals surface area contributed by atoms with Crippen LogP contribution in [0.15, 0.2) is 60.8 Å². The van der Waals surface area contributed by atoms with E-state index in [2.05, 4.69) is 20.6 Å². The van der Waals surface area contributed by atoms with Crippen LogP contribution in [-0.2, 0) is 17.5 Å². The van der Waals surface area contributed by atoms with Crippen LogP contribution in [0.5, 0.6) is 5.75 Å². The van der Waals surface area contributed by atoms with Crippen molar-refractivity contribution in [3.05, 3.63) is 71.9 Å². The number of hydrogen-bond acceptors (Lipinski definition) is 6. The first kappa shape index (κ1) is 24.3. The van der Waals surface area contributed by atoms with Crippen LogP contribution in [0, 0.1) is 5.92 Å². The highest BCUT2D eigenvalue weighted by Crippen LogP contribution is 2.29. The van der Waals surface area contributed by atoms with Gasteiger partial charge in [0.15, 0.2) is 0 Å². The zero-order valence-corrected chi connectivity index (χ0v) is 19.2. The van der Waals surface area contributed by atoms with Crippen LogP contribution >= 0.6 is 0 Å². The van der Waals surface area contributed by atoms with E-state index in [4.69, 9.17) is 4.74 Å². The Bertz CT molecular complexity index is 1150. The molecule has 0 bridgehead atoms. The molecular weight excluding hydrogens is 459 g/mol. The Hall–Kier alpha value is -3.82. The molecule has 2 aromatic carbocycles. The Balaban J connectivity index is 1.29. The summed E-state index contributed by atoms with van der Waals surface area (Å²) in [4.78, 5) is 23.6. The average Bonchev–Trinajstić information content (AvgIpc) is 2.87. The van der Waals surface area contributed by atoms with Crippen LogP contribution in [0.1, 0.15) is 24.0 Å². The number of carbonyl (C=O) groups excluding carboxylic acids is 1. The van der Waals surface area contributed by atoms with E-state index < -0.39 is 11.7 Å². The number of nitrogens with one attached hydrogen (secondary N) is 2. The molecule has 0 saturated carbocycles. The quantitative estimate of drug-likeness (QED) is 0.502. The summed E-state index contributed by atoms with van der Waals surface area (Å²) in [5, 5.41) is 6.08. The first-order valence-corrected chi connectivity index (χ1v) is 11.3. The van der Waals surface area contributed by atoms with Gasteiger partial charge in [0.2, 0.25) is 11.9 Å². The summed E-state index contributed by atoms with van der Waals surface area (Å²) in [5.41, 5.74) is 0.712. The predicted octanol–water partition coefficient (Wildman–Crippen LogP) is 4.78. The highest BCUT2D eigenvalue weighted by atomic mass is 19.4. The van der Waals surface area contributed by atoms with E-state index in [1.807, 2.05) is 29.2 Å². The number of aromatic nitrogens is 2. The van der Waals surface area contributed by atoms with Gasteiger partial charge in [0.1, 0.15) is 11.6 Å². The fourth-order valence-electron chi connectivity index (χ4n) is 3.94. The van der Waals surface area contributed by atoms with Crippen LogP contribution in [0.25, 0.3) is 0 Å². The van der Waals surface area contributed by atoms with Crippen LogP contribution < -0.4 is 20.3 Å². The van der Waals surface area contributed by atoms with E-state index in [1.54, 1.807) is 19.4 Å². The monoisotopic (exact) mass is 485 g/mol. The molecule has 0 radical (unpaired) electrons. The second-order valence-electron chi connectivity index (χ2n) is 8.24. The minimum Gasteiger partial charge on any atom is -0.495 e. The van der Waals surface area contributed by atoms with Gasteiger partial charge in [-0.05, 0) is 48.7 Å². The number of para-hydroxylation sites is 2. The molecule has 3 aromatic rings. The lowest BCUT2D eigenvalue weighted by Gasteiger charge is -2.31. The Morgan fingerprint density at radius 1 is 1.09 bits per heavy atom. The van der Waals surface area contributed by atoms with Gasteiger partial charge >= 0.3 is 6.18 Å². The lowest BCUT2D eigenvalue weighted by atomic mass is 9.96. The zero-order chi connectivity index (χ0) is 24.8. The smallest absolute Gasteiger partial charge is 0.416 e. The summed E-state index contributed by atoms with van der Waals surface area (Å²) in [6.07, 6.45) is -1.43. The average molecular weight is 486 g/mol. The molecule has 7 nitrogen and oxygen atoms in total. The van der Waals surface area contributed by atoms with E-state index in [-0.39, 0.29) is 18.4 Å². The van der Waals surface area contributed by atoms with Crippen molar-refractivity contribution in [2.75, 3.05) is 30.4 Å². The Morgan fingerprint density at radius 2 is 1.80 bits per heavy atom. The van der Waals surface area contributed by atoms with Gasteiger partial charge in [-0.25, -0.2) is 4.98 Å². The highest BCUT2D eigenvalue weighted by molar-refractivity contribution is 5.79. The molecule has 1 fully saturated rings. The summed E-state index contributed by atoms with van der Waals surface area (Å²) in [6.45, 7) is 1.43. The van der Waals surface area contributed by atoms with Crippen molar-refractivity contribution in [2.24, 2.45) is 5.92 Å². The molecule has 184 valence electrons. The van der Waals surface area contributed by atoms with Crippen LogP contribution in [0.4, 0.5) is 30.6 Å². The highest BCUT2D eigenvalue weighted by Gasteiger charge is 2.30. The number of hydrogen-bond donors (Lipinski definition) is 2. The van der Waals surface area contributed by atoms with Gasteiger partial charge in [-0.2, -0.15) is 18.2 Å². The van der Waals surface area contributed by atoms with Crippen molar-refractivity contribution >= 4 is 23.4 Å². The Kier molecular flexibility index (Phi) is 7.38. The summed E-state index contributed by atoms with van der Waals surface area (Å²) in [5.74, 6) is 1.65. The van der Waals surface area contributed by atoms with Crippen molar-refractivity contribution in [3.63, 3.8) is 0 Å². The molecule has 35 heavy (non-hydrogen) atoms. The van der Waals surface area contributed by atoms with Crippen molar-refractivity contribution < 1.29 is 22.7 Å². The number of alkyl halides is 3. The Labute approximate surface area is 201 Å². The summed E-state index contributed by atoms with van der Waals surface area (Å²) in [6, 6.07) is 14.1. The molecule has 0 spiro atoms. The molecule has 1 aliphatic rings. The Morgan fingerprint density at radius 3 is 2.49 bits per heavy atom. The van der Waals surface area contributed by atoms with Gasteiger partial charge in [-0.1, -0.05) is 24.3 Å². The summed E-state index contributed by atoms with van der Waals surface area (Å²) in [7, 11) is 1.61. The number of amides is 1. The van der Waals surface area contributed by atoms with Gasteiger partial charge in [-0.15, -0.1) is 0 Å². The van der Waals surface area contributed by atoms with Gasteiger partial charge in [-0.3, -0.25) is 4.79 Å². The fourth-order valence-corrected chi connectivity index (χ4v) is 3.94. The molecule has 1 saturated heterocycles. The third kappa shape index (κ3) is 6.20. The molecule has 0 atom stereocenters. The molecular formula is C25H26F3N5O2. The van der Waals surface area contributed by atoms with Crippen LogP contribution in [0.3, 0.4) is 0 Å². The molecule has 2 heterocycles. The number of piperidine rings is 1.